The van der Waals surface area contributed by atoms with Gasteiger partial charge in [0.1, 0.15) is 6.04 Å². The second kappa shape index (κ2) is 7.84. The number of piperazine rings is 1. The molecule has 3 heterocycles. The maximum Gasteiger partial charge on any atom is 0.241 e. The van der Waals surface area contributed by atoms with Gasteiger partial charge in [0.25, 0.3) is 0 Å². The lowest BCUT2D eigenvalue weighted by atomic mass is 10.0. The molecule has 1 aromatic carbocycles. The van der Waals surface area contributed by atoms with Crippen LogP contribution in [-0.4, -0.2) is 48.0 Å². The van der Waals surface area contributed by atoms with Crippen molar-refractivity contribution in [1.82, 2.24) is 20.7 Å². The summed E-state index contributed by atoms with van der Waals surface area (Å²) in [6.45, 7) is 5.18. The number of carbonyl (C=O) groups is 1. The van der Waals surface area contributed by atoms with Crippen LogP contribution in [0.25, 0.3) is 0 Å². The molecule has 142 valence electrons. The predicted molar refractivity (Wildman–Crippen MR) is 107 cm³/mol. The zero-order valence-corrected chi connectivity index (χ0v) is 16.1. The summed E-state index contributed by atoms with van der Waals surface area (Å²) >= 11 is 6.16. The number of nitrogens with zero attached hydrogens (tertiary/aromatic N) is 3. The van der Waals surface area contributed by atoms with Crippen molar-refractivity contribution < 1.29 is 4.79 Å². The predicted octanol–water partition coefficient (Wildman–Crippen LogP) is 2.30. The van der Waals surface area contributed by atoms with E-state index in [9.17, 15) is 4.79 Å². The van der Waals surface area contributed by atoms with Gasteiger partial charge in [-0.25, -0.2) is 10.9 Å². The van der Waals surface area contributed by atoms with Crippen molar-refractivity contribution in [3.05, 3.63) is 58.9 Å². The van der Waals surface area contributed by atoms with Crippen LogP contribution < -0.4 is 15.8 Å². The highest BCUT2D eigenvalue weighted by atomic mass is 35.5. The molecule has 2 unspecified atom stereocenters. The molecule has 0 spiro atoms. The molecule has 0 bridgehead atoms. The van der Waals surface area contributed by atoms with E-state index in [2.05, 4.69) is 27.7 Å². The lowest BCUT2D eigenvalue weighted by Crippen LogP contribution is -2.53. The van der Waals surface area contributed by atoms with Gasteiger partial charge >= 0.3 is 0 Å². The molecule has 2 aliphatic heterocycles. The van der Waals surface area contributed by atoms with Gasteiger partial charge in [-0.1, -0.05) is 17.7 Å². The number of hydrogen-bond acceptors (Lipinski definition) is 5. The van der Waals surface area contributed by atoms with Gasteiger partial charge in [0.2, 0.25) is 5.91 Å². The van der Waals surface area contributed by atoms with Crippen molar-refractivity contribution in [3.8, 4) is 0 Å². The third-order valence-electron chi connectivity index (χ3n) is 5.41. The molecule has 7 heteroatoms. The third kappa shape index (κ3) is 3.93. The van der Waals surface area contributed by atoms with Crippen LogP contribution in [0.1, 0.15) is 23.6 Å². The number of anilines is 1. The fourth-order valence-electron chi connectivity index (χ4n) is 3.84. The first kappa shape index (κ1) is 18.2. The quantitative estimate of drug-likeness (QED) is 0.849. The summed E-state index contributed by atoms with van der Waals surface area (Å²) in [5, 5.41) is 0.748. The van der Waals surface area contributed by atoms with E-state index in [-0.39, 0.29) is 18.0 Å². The van der Waals surface area contributed by atoms with Crippen molar-refractivity contribution in [3.63, 3.8) is 0 Å². The summed E-state index contributed by atoms with van der Waals surface area (Å²) in [7, 11) is 0. The lowest BCUT2D eigenvalue weighted by molar-refractivity contribution is -0.133. The number of benzene rings is 1. The third-order valence-corrected chi connectivity index (χ3v) is 5.65. The molecule has 2 atom stereocenters. The minimum atomic E-state index is -0.192. The lowest BCUT2D eigenvalue weighted by Gasteiger charge is -2.37. The maximum absolute atomic E-state index is 12.9. The summed E-state index contributed by atoms with van der Waals surface area (Å²) < 4.78 is 0. The Labute approximate surface area is 164 Å². The minimum absolute atomic E-state index is 0.136. The fourth-order valence-corrected chi connectivity index (χ4v) is 4.01. The van der Waals surface area contributed by atoms with Crippen molar-refractivity contribution in [2.45, 2.75) is 25.4 Å². The van der Waals surface area contributed by atoms with E-state index in [0.717, 1.165) is 48.9 Å². The molecule has 0 aliphatic carbocycles. The number of aromatic nitrogens is 1. The first-order valence-corrected chi connectivity index (χ1v) is 9.70. The smallest absolute Gasteiger partial charge is 0.241 e. The SMILES string of the molecule is Cc1ccc(Cl)cc1N1CCN(C(=O)C2CC(c3ccncc3)NN2)CC1. The fraction of sp³-hybridized carbons (Fsp3) is 0.400. The van der Waals surface area contributed by atoms with Gasteiger partial charge in [0.15, 0.2) is 0 Å². The molecule has 1 amide bonds. The Bertz CT molecular complexity index is 807. The minimum Gasteiger partial charge on any atom is -0.368 e. The highest BCUT2D eigenvalue weighted by molar-refractivity contribution is 6.30. The van der Waals surface area contributed by atoms with Crippen molar-refractivity contribution in [1.29, 1.82) is 0 Å². The highest BCUT2D eigenvalue weighted by Gasteiger charge is 2.34. The van der Waals surface area contributed by atoms with E-state index in [1.165, 1.54) is 5.56 Å². The Morgan fingerprint density at radius 2 is 1.85 bits per heavy atom. The number of pyridine rings is 1. The standard InChI is InChI=1S/C20H24ClN5O/c1-14-2-3-16(21)12-19(14)25-8-10-26(11-9-25)20(27)18-13-17(23-24-18)15-4-6-22-7-5-15/h2-7,12,17-18,23-24H,8-11,13H2,1H3. The Morgan fingerprint density at radius 3 is 2.59 bits per heavy atom. The number of rotatable bonds is 3. The number of carbonyl (C=O) groups excluding carboxylic acids is 1. The van der Waals surface area contributed by atoms with Gasteiger partial charge in [0, 0.05) is 55.3 Å². The molecule has 2 aliphatic rings. The summed E-state index contributed by atoms with van der Waals surface area (Å²) in [5.74, 6) is 0.168. The second-order valence-corrected chi connectivity index (χ2v) is 7.59. The second-order valence-electron chi connectivity index (χ2n) is 7.15. The first-order valence-electron chi connectivity index (χ1n) is 9.32. The average Bonchev–Trinajstić information content (AvgIpc) is 3.20. The zero-order chi connectivity index (χ0) is 18.8. The summed E-state index contributed by atoms with van der Waals surface area (Å²) in [4.78, 5) is 21.2. The molecule has 2 saturated heterocycles. The van der Waals surface area contributed by atoms with Gasteiger partial charge < -0.3 is 9.80 Å². The van der Waals surface area contributed by atoms with E-state index in [1.54, 1.807) is 12.4 Å². The van der Waals surface area contributed by atoms with E-state index < -0.39 is 0 Å². The van der Waals surface area contributed by atoms with Crippen LogP contribution in [0.5, 0.6) is 0 Å². The van der Waals surface area contributed by atoms with Crippen LogP contribution in [0.2, 0.25) is 5.02 Å². The summed E-state index contributed by atoms with van der Waals surface area (Å²) in [5.41, 5.74) is 9.93. The van der Waals surface area contributed by atoms with Crippen molar-refractivity contribution >= 4 is 23.2 Å². The Hall–Kier alpha value is -2.15. The molecular weight excluding hydrogens is 362 g/mol. The van der Waals surface area contributed by atoms with Crippen LogP contribution in [0.4, 0.5) is 5.69 Å². The molecule has 6 nitrogen and oxygen atoms in total. The average molecular weight is 386 g/mol. The van der Waals surface area contributed by atoms with Crippen molar-refractivity contribution in [2.75, 3.05) is 31.1 Å². The van der Waals surface area contributed by atoms with Gasteiger partial charge in [-0.05, 0) is 48.7 Å². The Morgan fingerprint density at radius 1 is 1.11 bits per heavy atom. The monoisotopic (exact) mass is 385 g/mol. The Balaban J connectivity index is 1.34. The molecule has 2 N–H and O–H groups in total. The highest BCUT2D eigenvalue weighted by Crippen LogP contribution is 2.26. The number of nitrogens with one attached hydrogen (secondary N) is 2. The van der Waals surface area contributed by atoms with E-state index in [4.69, 9.17) is 11.6 Å². The summed E-state index contributed by atoms with van der Waals surface area (Å²) in [6, 6.07) is 9.88. The van der Waals surface area contributed by atoms with Crippen LogP contribution >= 0.6 is 11.6 Å². The largest absolute Gasteiger partial charge is 0.368 e. The van der Waals surface area contributed by atoms with Gasteiger partial charge in [0.05, 0.1) is 0 Å². The summed E-state index contributed by atoms with van der Waals surface area (Å²) in [6.07, 6.45) is 4.31. The van der Waals surface area contributed by atoms with Gasteiger partial charge in [-0.15, -0.1) is 0 Å². The van der Waals surface area contributed by atoms with Crippen LogP contribution in [0, 0.1) is 6.92 Å². The maximum atomic E-state index is 12.9. The molecular formula is C20H24ClN5O. The topological polar surface area (TPSA) is 60.5 Å². The molecule has 0 radical (unpaired) electrons. The zero-order valence-electron chi connectivity index (χ0n) is 15.4. The molecule has 27 heavy (non-hydrogen) atoms. The van der Waals surface area contributed by atoms with Crippen LogP contribution in [0.15, 0.2) is 42.7 Å². The van der Waals surface area contributed by atoms with E-state index in [1.807, 2.05) is 35.2 Å². The normalized spacial score (nSPS) is 22.9. The molecule has 0 saturated carbocycles. The molecule has 4 rings (SSSR count). The number of hydrogen-bond donors (Lipinski definition) is 2. The Kier molecular flexibility index (Phi) is 5.29. The molecule has 2 aromatic rings. The molecule has 1 aromatic heterocycles. The van der Waals surface area contributed by atoms with Crippen LogP contribution in [0.3, 0.4) is 0 Å². The number of aryl methyl sites for hydroxylation is 1. The van der Waals surface area contributed by atoms with E-state index in [0.29, 0.717) is 0 Å². The van der Waals surface area contributed by atoms with Crippen molar-refractivity contribution in [2.24, 2.45) is 0 Å². The first-order chi connectivity index (χ1) is 13.1. The van der Waals surface area contributed by atoms with Gasteiger partial charge in [-0.2, -0.15) is 0 Å². The number of halogens is 1. The van der Waals surface area contributed by atoms with Gasteiger partial charge in [-0.3, -0.25) is 9.78 Å². The molecule has 2 fully saturated rings. The number of amides is 1. The van der Waals surface area contributed by atoms with Crippen LogP contribution in [-0.2, 0) is 4.79 Å². The van der Waals surface area contributed by atoms with E-state index >= 15 is 0 Å². The number of hydrazine groups is 1.